The second-order valence-electron chi connectivity index (χ2n) is 3.66. The summed E-state index contributed by atoms with van der Waals surface area (Å²) in [5.41, 5.74) is 1.46. The van der Waals surface area contributed by atoms with Crippen molar-refractivity contribution in [3.05, 3.63) is 40.6 Å². The van der Waals surface area contributed by atoms with Crippen molar-refractivity contribution < 1.29 is 19.1 Å². The summed E-state index contributed by atoms with van der Waals surface area (Å²) in [6.45, 7) is 1.82. The van der Waals surface area contributed by atoms with Crippen LogP contribution in [0.3, 0.4) is 0 Å². The normalized spacial score (nSPS) is 10.8. The number of ether oxygens (including phenoxy) is 2. The summed E-state index contributed by atoms with van der Waals surface area (Å²) in [7, 11) is 2.45. The molecular formula is C13H14ClNO4. The second kappa shape index (κ2) is 6.80. The monoisotopic (exact) mass is 283 g/mol. The number of nitrogens with one attached hydrogen (secondary N) is 1. The number of anilines is 1. The van der Waals surface area contributed by atoms with Crippen LogP contribution in [0, 0.1) is 6.92 Å². The van der Waals surface area contributed by atoms with E-state index in [1.807, 2.05) is 6.92 Å². The first-order chi connectivity index (χ1) is 8.97. The molecule has 0 bridgehead atoms. The molecule has 0 fully saturated rings. The van der Waals surface area contributed by atoms with Gasteiger partial charge in [0.05, 0.1) is 20.3 Å². The van der Waals surface area contributed by atoms with Crippen LogP contribution in [0.4, 0.5) is 5.69 Å². The lowest BCUT2D eigenvalue weighted by Crippen LogP contribution is -2.16. The van der Waals surface area contributed by atoms with Crippen LogP contribution in [-0.4, -0.2) is 26.2 Å². The van der Waals surface area contributed by atoms with Crippen LogP contribution < -0.4 is 5.32 Å². The van der Waals surface area contributed by atoms with E-state index in [-0.39, 0.29) is 5.70 Å². The summed E-state index contributed by atoms with van der Waals surface area (Å²) in [5, 5.41) is 3.40. The molecule has 0 aliphatic heterocycles. The van der Waals surface area contributed by atoms with E-state index in [0.717, 1.165) is 11.6 Å². The summed E-state index contributed by atoms with van der Waals surface area (Å²) in [4.78, 5) is 22.8. The van der Waals surface area contributed by atoms with Crippen molar-refractivity contribution in [1.82, 2.24) is 0 Å². The van der Waals surface area contributed by atoms with Crippen LogP contribution in [0.25, 0.3) is 0 Å². The molecule has 0 aliphatic carbocycles. The number of rotatable bonds is 4. The number of hydrogen-bond acceptors (Lipinski definition) is 5. The molecule has 1 N–H and O–H groups in total. The molecular weight excluding hydrogens is 270 g/mol. The lowest BCUT2D eigenvalue weighted by atomic mass is 10.2. The van der Waals surface area contributed by atoms with Gasteiger partial charge in [0.2, 0.25) is 0 Å². The first-order valence-electron chi connectivity index (χ1n) is 5.39. The zero-order valence-electron chi connectivity index (χ0n) is 10.8. The fraction of sp³-hybridized carbons (Fsp3) is 0.231. The SMILES string of the molecule is COC(=O)/C=C(/Nc1ccc(Cl)cc1C)C(=O)OC. The number of carbonyl (C=O) groups excluding carboxylic acids is 2. The maximum Gasteiger partial charge on any atom is 0.354 e. The standard InChI is InChI=1S/C13H14ClNO4/c1-8-6-9(14)4-5-10(8)15-11(13(17)19-3)7-12(16)18-2/h4-7,15H,1-3H3/b11-7+. The Labute approximate surface area is 116 Å². The molecule has 1 aromatic rings. The van der Waals surface area contributed by atoms with Crippen molar-refractivity contribution in [3.8, 4) is 0 Å². The van der Waals surface area contributed by atoms with Gasteiger partial charge in [-0.1, -0.05) is 11.6 Å². The maximum atomic E-state index is 11.6. The van der Waals surface area contributed by atoms with E-state index in [2.05, 4.69) is 14.8 Å². The Bertz CT molecular complexity index is 525. The van der Waals surface area contributed by atoms with Crippen molar-refractivity contribution in [2.75, 3.05) is 19.5 Å². The smallest absolute Gasteiger partial charge is 0.354 e. The van der Waals surface area contributed by atoms with Crippen molar-refractivity contribution in [3.63, 3.8) is 0 Å². The first kappa shape index (κ1) is 15.0. The van der Waals surface area contributed by atoms with Crippen molar-refractivity contribution in [2.45, 2.75) is 6.92 Å². The van der Waals surface area contributed by atoms with Crippen molar-refractivity contribution in [2.24, 2.45) is 0 Å². The van der Waals surface area contributed by atoms with Crippen LogP contribution in [0.1, 0.15) is 5.56 Å². The van der Waals surface area contributed by atoms with Crippen molar-refractivity contribution in [1.29, 1.82) is 0 Å². The molecule has 1 aromatic carbocycles. The Balaban J connectivity index is 3.04. The molecule has 0 saturated heterocycles. The summed E-state index contributed by atoms with van der Waals surface area (Å²) in [5.74, 6) is -1.32. The highest BCUT2D eigenvalue weighted by Crippen LogP contribution is 2.21. The average molecular weight is 284 g/mol. The molecule has 0 saturated carbocycles. The Hall–Kier alpha value is -2.01. The highest BCUT2D eigenvalue weighted by atomic mass is 35.5. The van der Waals surface area contributed by atoms with E-state index in [4.69, 9.17) is 11.6 Å². The zero-order valence-corrected chi connectivity index (χ0v) is 11.6. The Morgan fingerprint density at radius 1 is 1.26 bits per heavy atom. The number of hydrogen-bond donors (Lipinski definition) is 1. The zero-order chi connectivity index (χ0) is 14.4. The Morgan fingerprint density at radius 3 is 2.47 bits per heavy atom. The van der Waals surface area contributed by atoms with Gasteiger partial charge in [0.15, 0.2) is 0 Å². The predicted octanol–water partition coefficient (Wildman–Crippen LogP) is 2.29. The molecule has 0 atom stereocenters. The van der Waals surface area contributed by atoms with Gasteiger partial charge in [-0.15, -0.1) is 0 Å². The molecule has 19 heavy (non-hydrogen) atoms. The maximum absolute atomic E-state index is 11.6. The number of halogens is 1. The number of esters is 2. The minimum atomic E-state index is -0.667. The fourth-order valence-electron chi connectivity index (χ4n) is 1.35. The van der Waals surface area contributed by atoms with Crippen LogP contribution in [-0.2, 0) is 19.1 Å². The molecule has 0 aromatic heterocycles. The molecule has 0 heterocycles. The predicted molar refractivity (Wildman–Crippen MR) is 71.9 cm³/mol. The third-order valence-electron chi connectivity index (χ3n) is 2.33. The van der Waals surface area contributed by atoms with E-state index in [1.54, 1.807) is 18.2 Å². The quantitative estimate of drug-likeness (QED) is 0.678. The molecule has 0 spiro atoms. The van der Waals surface area contributed by atoms with E-state index >= 15 is 0 Å². The number of methoxy groups -OCH3 is 2. The third kappa shape index (κ3) is 4.30. The van der Waals surface area contributed by atoms with Gasteiger partial charge in [-0.25, -0.2) is 9.59 Å². The summed E-state index contributed by atoms with van der Waals surface area (Å²) in [6, 6.07) is 5.10. The van der Waals surface area contributed by atoms with Crippen LogP contribution in [0.5, 0.6) is 0 Å². The van der Waals surface area contributed by atoms with Gasteiger partial charge in [-0.3, -0.25) is 0 Å². The average Bonchev–Trinajstić information content (AvgIpc) is 2.39. The Morgan fingerprint density at radius 2 is 1.95 bits per heavy atom. The number of carbonyl (C=O) groups is 2. The topological polar surface area (TPSA) is 64.6 Å². The summed E-state index contributed by atoms with van der Waals surface area (Å²) in [6.07, 6.45) is 1.03. The molecule has 0 amide bonds. The molecule has 0 unspecified atom stereocenters. The van der Waals surface area contributed by atoms with Gasteiger partial charge in [0.1, 0.15) is 5.70 Å². The fourth-order valence-corrected chi connectivity index (χ4v) is 1.57. The number of aryl methyl sites for hydroxylation is 1. The van der Waals surface area contributed by atoms with E-state index in [9.17, 15) is 9.59 Å². The van der Waals surface area contributed by atoms with E-state index in [0.29, 0.717) is 10.7 Å². The molecule has 0 radical (unpaired) electrons. The molecule has 6 heteroatoms. The third-order valence-corrected chi connectivity index (χ3v) is 2.56. The first-order valence-corrected chi connectivity index (χ1v) is 5.77. The van der Waals surface area contributed by atoms with E-state index in [1.165, 1.54) is 14.2 Å². The lowest BCUT2D eigenvalue weighted by molar-refractivity contribution is -0.138. The number of benzene rings is 1. The summed E-state index contributed by atoms with van der Waals surface area (Å²) < 4.78 is 9.07. The minimum Gasteiger partial charge on any atom is -0.466 e. The molecule has 0 aliphatic rings. The highest BCUT2D eigenvalue weighted by Gasteiger charge is 2.13. The van der Waals surface area contributed by atoms with Crippen LogP contribution in [0.2, 0.25) is 5.02 Å². The molecule has 1 rings (SSSR count). The van der Waals surface area contributed by atoms with Gasteiger partial charge in [-0.05, 0) is 30.7 Å². The second-order valence-corrected chi connectivity index (χ2v) is 4.09. The van der Waals surface area contributed by atoms with Gasteiger partial charge in [0.25, 0.3) is 0 Å². The van der Waals surface area contributed by atoms with Crippen LogP contribution in [0.15, 0.2) is 30.0 Å². The van der Waals surface area contributed by atoms with Gasteiger partial charge in [-0.2, -0.15) is 0 Å². The minimum absolute atomic E-state index is 0.0141. The van der Waals surface area contributed by atoms with E-state index < -0.39 is 11.9 Å². The van der Waals surface area contributed by atoms with Gasteiger partial charge < -0.3 is 14.8 Å². The summed E-state index contributed by atoms with van der Waals surface area (Å²) >= 11 is 5.84. The van der Waals surface area contributed by atoms with Gasteiger partial charge >= 0.3 is 11.9 Å². The molecule has 5 nitrogen and oxygen atoms in total. The largest absolute Gasteiger partial charge is 0.466 e. The molecule has 102 valence electrons. The lowest BCUT2D eigenvalue weighted by Gasteiger charge is -2.11. The van der Waals surface area contributed by atoms with Crippen molar-refractivity contribution >= 4 is 29.2 Å². The highest BCUT2D eigenvalue weighted by molar-refractivity contribution is 6.30. The van der Waals surface area contributed by atoms with Gasteiger partial charge in [0, 0.05) is 10.7 Å². The Kier molecular flexibility index (Phi) is 5.38. The van der Waals surface area contributed by atoms with Crippen LogP contribution >= 0.6 is 11.6 Å².